The zero-order chi connectivity index (χ0) is 33.4. The molecule has 0 spiro atoms. The first kappa shape index (κ1) is 37.7. The van der Waals surface area contributed by atoms with E-state index in [9.17, 15) is 0 Å². The zero-order valence-electron chi connectivity index (χ0n) is 28.0. The Morgan fingerprint density at radius 3 is 0.796 bits per heavy atom. The Morgan fingerprint density at radius 2 is 0.633 bits per heavy atom. The van der Waals surface area contributed by atoms with E-state index in [0.717, 1.165) is 0 Å². The maximum absolute atomic E-state index is 4.02. The molecule has 7 rings (SSSR count). The maximum atomic E-state index is 4.02. The molecule has 0 bridgehead atoms. The van der Waals surface area contributed by atoms with Gasteiger partial charge in [-0.15, -0.1) is 0 Å². The largest absolute Gasteiger partial charge is 2.00 e. The van der Waals surface area contributed by atoms with Gasteiger partial charge in [0.25, 0.3) is 0 Å². The molecular weight excluding hydrogens is 673 g/mol. The monoisotopic (exact) mass is 714 g/mol. The topological polar surface area (TPSA) is 0 Å². The molecule has 0 aliphatic rings. The van der Waals surface area contributed by atoms with Gasteiger partial charge in [0.05, 0.1) is 0 Å². The van der Waals surface area contributed by atoms with Crippen LogP contribution in [-0.2, 0) is 21.9 Å². The van der Waals surface area contributed by atoms with Crippen LogP contribution in [0.25, 0.3) is 0 Å². The van der Waals surface area contributed by atoms with Crippen LogP contribution in [0.15, 0.2) is 206 Å². The fourth-order valence-electron chi connectivity index (χ4n) is 5.17. The van der Waals surface area contributed by atoms with Crippen molar-refractivity contribution in [1.82, 2.24) is 0 Å². The fraction of sp³-hybridized carbons (Fsp3) is 0.0652. The fourth-order valence-corrected chi connectivity index (χ4v) is 9.78. The predicted molar refractivity (Wildman–Crippen MR) is 214 cm³/mol. The summed E-state index contributed by atoms with van der Waals surface area (Å²) in [6.45, 7) is 8.21. The third-order valence-electron chi connectivity index (χ3n) is 7.57. The number of benzene rings is 7. The molecule has 0 atom stereocenters. The summed E-state index contributed by atoms with van der Waals surface area (Å²) in [4.78, 5) is 0. The molecular formula is C46H42NiP2. The van der Waals surface area contributed by atoms with Crippen LogP contribution < -0.4 is 31.8 Å². The molecule has 0 amide bonds. The van der Waals surface area contributed by atoms with Gasteiger partial charge in [0.1, 0.15) is 0 Å². The van der Waals surface area contributed by atoms with Crippen LogP contribution in [0.2, 0.25) is 0 Å². The molecule has 7 aromatic rings. The van der Waals surface area contributed by atoms with Gasteiger partial charge in [-0.05, 0) is 47.7 Å². The molecule has 0 aromatic heterocycles. The first-order valence-corrected chi connectivity index (χ1v) is 18.9. The molecule has 0 heterocycles. The summed E-state index contributed by atoms with van der Waals surface area (Å²) in [6, 6.07) is 75.6. The quantitative estimate of drug-likeness (QED) is 0.0877. The van der Waals surface area contributed by atoms with Crippen molar-refractivity contribution in [1.29, 1.82) is 0 Å². The van der Waals surface area contributed by atoms with Crippen molar-refractivity contribution in [3.63, 3.8) is 0 Å². The molecule has 0 fully saturated rings. The minimum atomic E-state index is -0.446. The first-order valence-electron chi connectivity index (χ1n) is 16.2. The van der Waals surface area contributed by atoms with E-state index < -0.39 is 15.8 Å². The van der Waals surface area contributed by atoms with E-state index in [1.54, 1.807) is 0 Å². The van der Waals surface area contributed by atoms with Crippen LogP contribution in [0.5, 0.6) is 0 Å². The van der Waals surface area contributed by atoms with E-state index in [2.05, 4.69) is 215 Å². The Morgan fingerprint density at radius 1 is 0.388 bits per heavy atom. The molecule has 0 aliphatic carbocycles. The summed E-state index contributed by atoms with van der Waals surface area (Å²) >= 11 is 0. The molecule has 0 unspecified atom stereocenters. The Hall–Kier alpha value is -4.11. The van der Waals surface area contributed by atoms with E-state index >= 15 is 0 Å². The first-order chi connectivity index (χ1) is 23.5. The summed E-state index contributed by atoms with van der Waals surface area (Å²) in [6.07, 6.45) is 0. The van der Waals surface area contributed by atoms with E-state index in [0.29, 0.717) is 0 Å². The van der Waals surface area contributed by atoms with Gasteiger partial charge in [-0.1, -0.05) is 196 Å². The Bertz CT molecular complexity index is 1550. The third kappa shape index (κ3) is 11.5. The van der Waals surface area contributed by atoms with Gasteiger partial charge in [0, 0.05) is 0 Å². The van der Waals surface area contributed by atoms with Gasteiger partial charge < -0.3 is 6.92 Å². The van der Waals surface area contributed by atoms with Gasteiger partial charge >= 0.3 is 16.5 Å². The molecule has 0 nitrogen and oxygen atoms in total. The average Bonchev–Trinajstić information content (AvgIpc) is 3.15. The SMILES string of the molecule is [CH2-]C(C)(C)c1c[c-]ccc1.[Ni+2].c1ccc(P(c2ccccc2)c2ccccc2)cc1.c1ccc(P(c2ccccc2)c2ccccc2)cc1. The van der Waals surface area contributed by atoms with Crippen molar-refractivity contribution in [2.24, 2.45) is 0 Å². The van der Waals surface area contributed by atoms with Crippen LogP contribution in [0, 0.1) is 13.0 Å². The Balaban J connectivity index is 0.000000172. The summed E-state index contributed by atoms with van der Waals surface area (Å²) in [5, 5.41) is 8.39. The van der Waals surface area contributed by atoms with Crippen LogP contribution in [0.4, 0.5) is 0 Å². The minimum absolute atomic E-state index is 0. The van der Waals surface area contributed by atoms with E-state index in [4.69, 9.17) is 0 Å². The van der Waals surface area contributed by atoms with Gasteiger partial charge in [-0.25, -0.2) is 0 Å². The van der Waals surface area contributed by atoms with E-state index in [1.807, 2.05) is 18.2 Å². The number of hydrogen-bond acceptors (Lipinski definition) is 0. The predicted octanol–water partition coefficient (Wildman–Crippen LogP) is 9.49. The second-order valence-electron chi connectivity index (χ2n) is 11.9. The molecule has 246 valence electrons. The molecule has 49 heavy (non-hydrogen) atoms. The molecule has 3 heteroatoms. The van der Waals surface area contributed by atoms with Gasteiger partial charge in [0.2, 0.25) is 0 Å². The van der Waals surface area contributed by atoms with Crippen LogP contribution in [0.1, 0.15) is 19.4 Å². The molecule has 0 saturated carbocycles. The van der Waals surface area contributed by atoms with Crippen molar-refractivity contribution in [2.45, 2.75) is 19.3 Å². The van der Waals surface area contributed by atoms with E-state index in [-0.39, 0.29) is 21.9 Å². The number of hydrogen-bond donors (Lipinski definition) is 0. The third-order valence-corrected chi connectivity index (χ3v) is 12.5. The minimum Gasteiger partial charge on any atom is -0.345 e. The summed E-state index contributed by atoms with van der Waals surface area (Å²) < 4.78 is 0. The van der Waals surface area contributed by atoms with Crippen molar-refractivity contribution in [3.05, 3.63) is 225 Å². The van der Waals surface area contributed by atoms with Crippen molar-refractivity contribution >= 4 is 47.7 Å². The Labute approximate surface area is 306 Å². The van der Waals surface area contributed by atoms with Crippen molar-refractivity contribution in [2.75, 3.05) is 0 Å². The summed E-state index contributed by atoms with van der Waals surface area (Å²) in [5.74, 6) is 0. The van der Waals surface area contributed by atoms with Crippen molar-refractivity contribution < 1.29 is 16.5 Å². The second-order valence-corrected chi connectivity index (χ2v) is 16.3. The summed E-state index contributed by atoms with van der Waals surface area (Å²) in [7, 11) is -0.892. The summed E-state index contributed by atoms with van der Waals surface area (Å²) in [5.41, 5.74) is 1.24. The molecule has 7 aromatic carbocycles. The molecule has 0 saturated heterocycles. The van der Waals surface area contributed by atoms with Crippen molar-refractivity contribution in [3.8, 4) is 0 Å². The average molecular weight is 715 g/mol. The van der Waals surface area contributed by atoms with Gasteiger partial charge in [-0.2, -0.15) is 41.3 Å². The Kier molecular flexibility index (Phi) is 15.2. The number of rotatable bonds is 7. The normalized spacial score (nSPS) is 10.6. The van der Waals surface area contributed by atoms with E-state index in [1.165, 1.54) is 37.4 Å². The maximum Gasteiger partial charge on any atom is 2.00 e. The van der Waals surface area contributed by atoms with Crippen LogP contribution in [-0.4, -0.2) is 0 Å². The zero-order valence-corrected chi connectivity index (χ0v) is 30.8. The molecule has 0 radical (unpaired) electrons. The van der Waals surface area contributed by atoms with Crippen LogP contribution >= 0.6 is 15.8 Å². The van der Waals surface area contributed by atoms with Gasteiger partial charge in [-0.3, -0.25) is 0 Å². The van der Waals surface area contributed by atoms with Crippen LogP contribution in [0.3, 0.4) is 0 Å². The standard InChI is InChI=1S/2C18H15P.C10H12.Ni/c2*1-4-10-16(11-5-1)19(17-12-6-2-7-13-17)18-14-8-3-9-15-18;1-10(2,3)9-7-5-4-6-8-9;/h2*1-15H;4-5,7-8H,1H2,2-3H3;/q;;-2;+2. The second kappa shape index (κ2) is 19.8. The molecule has 0 N–H and O–H groups in total. The molecule has 0 aliphatic heterocycles. The smallest absolute Gasteiger partial charge is 0.345 e. The van der Waals surface area contributed by atoms with Gasteiger partial charge in [0.15, 0.2) is 0 Å².